The average molecular weight is 502 g/mol. The zero-order valence-electron chi connectivity index (χ0n) is 20.3. The minimum absolute atomic E-state index is 0.0616. The summed E-state index contributed by atoms with van der Waals surface area (Å²) >= 11 is 0. The Bertz CT molecular complexity index is 1370. The van der Waals surface area contributed by atoms with Crippen molar-refractivity contribution < 1.29 is 23.1 Å². The number of nitrogens with one attached hydrogen (secondary N) is 1. The molecule has 0 fully saturated rings. The standard InChI is InChI=1S/C25H31N3O6S/c1-5-6-14-34-22-21-15-18(26-35(32,33)19-10-8-7-9-11-19)12-13-20(21)24(29)28(16-17(2)3)23(22)27(4)25(30)31/h7-13,15,17,26H,5-6,14,16H2,1-4H3,(H,30,31). The van der Waals surface area contributed by atoms with Crippen molar-refractivity contribution in [3.63, 3.8) is 0 Å². The van der Waals surface area contributed by atoms with Gasteiger partial charge in [-0.25, -0.2) is 13.2 Å². The third kappa shape index (κ3) is 5.76. The maximum atomic E-state index is 13.5. The van der Waals surface area contributed by atoms with Gasteiger partial charge in [0, 0.05) is 24.7 Å². The summed E-state index contributed by atoms with van der Waals surface area (Å²) in [5.74, 6) is 0.397. The molecule has 188 valence electrons. The predicted octanol–water partition coefficient (Wildman–Crippen LogP) is 4.75. The van der Waals surface area contributed by atoms with Gasteiger partial charge < -0.3 is 9.84 Å². The van der Waals surface area contributed by atoms with Crippen LogP contribution in [0.1, 0.15) is 33.6 Å². The first kappa shape index (κ1) is 26.1. The first-order valence-electron chi connectivity index (χ1n) is 11.4. The molecule has 0 spiro atoms. The van der Waals surface area contributed by atoms with Crippen molar-refractivity contribution in [2.45, 2.75) is 45.1 Å². The third-order valence-electron chi connectivity index (χ3n) is 5.40. The predicted molar refractivity (Wildman–Crippen MR) is 137 cm³/mol. The van der Waals surface area contributed by atoms with Gasteiger partial charge in [-0.2, -0.15) is 0 Å². The molecule has 0 unspecified atom stereocenters. The van der Waals surface area contributed by atoms with E-state index >= 15 is 0 Å². The molecule has 35 heavy (non-hydrogen) atoms. The Labute approximate surface area is 205 Å². The van der Waals surface area contributed by atoms with Crippen LogP contribution in [0, 0.1) is 5.92 Å². The van der Waals surface area contributed by atoms with Crippen molar-refractivity contribution in [1.82, 2.24) is 4.57 Å². The zero-order valence-corrected chi connectivity index (χ0v) is 21.1. The maximum absolute atomic E-state index is 13.5. The normalized spacial score (nSPS) is 11.6. The first-order chi connectivity index (χ1) is 16.6. The Balaban J connectivity index is 2.26. The lowest BCUT2D eigenvalue weighted by Gasteiger charge is -2.25. The lowest BCUT2D eigenvalue weighted by Crippen LogP contribution is -2.34. The van der Waals surface area contributed by atoms with Gasteiger partial charge in [-0.3, -0.25) is 19.0 Å². The lowest BCUT2D eigenvalue weighted by molar-refractivity contribution is 0.202. The molecular weight excluding hydrogens is 470 g/mol. The lowest BCUT2D eigenvalue weighted by atomic mass is 10.1. The van der Waals surface area contributed by atoms with Crippen molar-refractivity contribution in [1.29, 1.82) is 0 Å². The summed E-state index contributed by atoms with van der Waals surface area (Å²) in [4.78, 5) is 26.5. The summed E-state index contributed by atoms with van der Waals surface area (Å²) < 4.78 is 35.7. The molecule has 3 rings (SSSR count). The minimum atomic E-state index is -3.87. The topological polar surface area (TPSA) is 118 Å². The Morgan fingerprint density at radius 3 is 2.43 bits per heavy atom. The fourth-order valence-corrected chi connectivity index (χ4v) is 4.77. The number of pyridine rings is 1. The zero-order chi connectivity index (χ0) is 25.8. The number of aromatic nitrogens is 1. The van der Waals surface area contributed by atoms with Gasteiger partial charge in [-0.1, -0.05) is 45.4 Å². The van der Waals surface area contributed by atoms with Crippen LogP contribution in [0.25, 0.3) is 10.8 Å². The van der Waals surface area contributed by atoms with E-state index in [9.17, 15) is 23.1 Å². The molecule has 2 aromatic carbocycles. The third-order valence-corrected chi connectivity index (χ3v) is 6.80. The highest BCUT2D eigenvalue weighted by Crippen LogP contribution is 2.36. The highest BCUT2D eigenvalue weighted by atomic mass is 32.2. The van der Waals surface area contributed by atoms with Gasteiger partial charge in [-0.05, 0) is 42.7 Å². The van der Waals surface area contributed by atoms with Crippen LogP contribution in [-0.4, -0.2) is 37.8 Å². The highest BCUT2D eigenvalue weighted by molar-refractivity contribution is 7.92. The number of rotatable bonds is 10. The molecule has 0 aliphatic carbocycles. The Morgan fingerprint density at radius 1 is 1.14 bits per heavy atom. The Hall–Kier alpha value is -3.53. The molecule has 0 aliphatic heterocycles. The molecule has 0 bridgehead atoms. The number of anilines is 2. The van der Waals surface area contributed by atoms with Crippen LogP contribution >= 0.6 is 0 Å². The molecule has 2 N–H and O–H groups in total. The molecule has 10 heteroatoms. The quantitative estimate of drug-likeness (QED) is 0.387. The fourth-order valence-electron chi connectivity index (χ4n) is 3.70. The van der Waals surface area contributed by atoms with Crippen molar-refractivity contribution in [2.24, 2.45) is 5.92 Å². The number of benzene rings is 2. The number of hydrogen-bond donors (Lipinski definition) is 2. The summed E-state index contributed by atoms with van der Waals surface area (Å²) in [5, 5.41) is 10.4. The van der Waals surface area contributed by atoms with E-state index in [1.807, 2.05) is 20.8 Å². The molecule has 9 nitrogen and oxygen atoms in total. The average Bonchev–Trinajstić information content (AvgIpc) is 2.81. The van der Waals surface area contributed by atoms with E-state index in [0.717, 1.165) is 17.7 Å². The van der Waals surface area contributed by atoms with Crippen molar-refractivity contribution in [3.05, 3.63) is 58.9 Å². The second-order valence-electron chi connectivity index (χ2n) is 8.68. The molecule has 0 saturated carbocycles. The first-order valence-corrected chi connectivity index (χ1v) is 12.9. The maximum Gasteiger partial charge on any atom is 0.412 e. The number of fused-ring (bicyclic) bond motifs is 1. The van der Waals surface area contributed by atoms with Gasteiger partial charge in [-0.15, -0.1) is 0 Å². The molecule has 1 amide bonds. The smallest absolute Gasteiger partial charge is 0.412 e. The largest absolute Gasteiger partial charge is 0.489 e. The molecule has 0 saturated heterocycles. The summed E-state index contributed by atoms with van der Waals surface area (Å²) in [6.07, 6.45) is 0.333. The molecule has 0 atom stereocenters. The van der Waals surface area contributed by atoms with E-state index in [-0.39, 0.29) is 40.2 Å². The van der Waals surface area contributed by atoms with Gasteiger partial charge in [0.15, 0.2) is 11.6 Å². The van der Waals surface area contributed by atoms with Crippen molar-refractivity contribution >= 4 is 38.4 Å². The number of sulfonamides is 1. The second kappa shape index (κ2) is 10.8. The number of carboxylic acid groups (broad SMARTS) is 1. The van der Waals surface area contributed by atoms with Gasteiger partial charge in [0.2, 0.25) is 0 Å². The molecule has 0 aliphatic rings. The van der Waals surface area contributed by atoms with Gasteiger partial charge >= 0.3 is 6.09 Å². The molecule has 1 heterocycles. The number of amides is 1. The van der Waals surface area contributed by atoms with Crippen LogP contribution < -0.4 is 19.9 Å². The summed E-state index contributed by atoms with van der Waals surface area (Å²) in [6, 6.07) is 12.5. The van der Waals surface area contributed by atoms with Crippen LogP contribution in [0.15, 0.2) is 58.2 Å². The number of carbonyl (C=O) groups is 1. The van der Waals surface area contributed by atoms with E-state index in [2.05, 4.69) is 4.72 Å². The highest BCUT2D eigenvalue weighted by Gasteiger charge is 2.25. The summed E-state index contributed by atoms with van der Waals surface area (Å²) in [7, 11) is -2.51. The van der Waals surface area contributed by atoms with Crippen LogP contribution in [0.3, 0.4) is 0 Å². The minimum Gasteiger partial charge on any atom is -0.489 e. The number of nitrogens with zero attached hydrogens (tertiary/aromatic N) is 2. The van der Waals surface area contributed by atoms with E-state index in [0.29, 0.717) is 17.4 Å². The van der Waals surface area contributed by atoms with Gasteiger partial charge in [0.25, 0.3) is 15.6 Å². The van der Waals surface area contributed by atoms with E-state index in [1.54, 1.807) is 18.2 Å². The Morgan fingerprint density at radius 2 is 1.83 bits per heavy atom. The van der Waals surface area contributed by atoms with Crippen LogP contribution in [0.4, 0.5) is 16.3 Å². The van der Waals surface area contributed by atoms with Crippen LogP contribution in [0.5, 0.6) is 5.75 Å². The second-order valence-corrected chi connectivity index (χ2v) is 10.4. The molecule has 1 aromatic heterocycles. The number of ether oxygens (including phenoxy) is 1. The van der Waals surface area contributed by atoms with Crippen LogP contribution in [-0.2, 0) is 16.6 Å². The van der Waals surface area contributed by atoms with E-state index in [1.165, 1.54) is 41.9 Å². The SMILES string of the molecule is CCCCOc1c(N(C)C(=O)O)n(CC(C)C)c(=O)c2ccc(NS(=O)(=O)c3ccccc3)cc12. The van der Waals surface area contributed by atoms with Crippen LogP contribution in [0.2, 0.25) is 0 Å². The van der Waals surface area contributed by atoms with E-state index < -0.39 is 16.1 Å². The van der Waals surface area contributed by atoms with Gasteiger partial charge in [0.1, 0.15) is 0 Å². The molecule has 0 radical (unpaired) electrons. The van der Waals surface area contributed by atoms with E-state index in [4.69, 9.17) is 4.74 Å². The molecule has 3 aromatic rings. The monoisotopic (exact) mass is 501 g/mol. The summed E-state index contributed by atoms with van der Waals surface area (Å²) in [5.41, 5.74) is -0.149. The van der Waals surface area contributed by atoms with Crippen molar-refractivity contribution in [3.8, 4) is 5.75 Å². The van der Waals surface area contributed by atoms with Gasteiger partial charge in [0.05, 0.1) is 16.9 Å². The Kier molecular flexibility index (Phi) is 8.06. The number of unbranched alkanes of at least 4 members (excludes halogenated alkanes) is 1. The summed E-state index contributed by atoms with van der Waals surface area (Å²) in [6.45, 7) is 6.46. The molecular formula is C25H31N3O6S. The van der Waals surface area contributed by atoms with Crippen molar-refractivity contribution in [2.75, 3.05) is 23.3 Å². The fraction of sp³-hybridized carbons (Fsp3) is 0.360. The number of hydrogen-bond acceptors (Lipinski definition) is 5.